The number of carbonyl (C=O) groups is 1. The Hall–Kier alpha value is -0.810. The second-order valence-electron chi connectivity index (χ2n) is 4.94. The number of nitrogens with zero attached hydrogens (tertiary/aromatic N) is 2. The molecular formula is C12H22N2O3. The van der Waals surface area contributed by atoms with E-state index in [0.29, 0.717) is 19.5 Å². The number of piperidine rings is 2. The Kier molecular flexibility index (Phi) is 4.23. The number of ether oxygens (including phenoxy) is 1. The van der Waals surface area contributed by atoms with E-state index < -0.39 is 0 Å². The second kappa shape index (κ2) is 5.69. The third-order valence-corrected chi connectivity index (χ3v) is 3.84. The van der Waals surface area contributed by atoms with Gasteiger partial charge < -0.3 is 14.7 Å². The maximum absolute atomic E-state index is 11.5. The summed E-state index contributed by atoms with van der Waals surface area (Å²) in [7, 11) is 1.41. The summed E-state index contributed by atoms with van der Waals surface area (Å²) in [6.07, 6.45) is 3.73. The maximum Gasteiger partial charge on any atom is 0.409 e. The molecule has 0 aromatic carbocycles. The first-order chi connectivity index (χ1) is 8.22. The average molecular weight is 242 g/mol. The molecule has 0 aromatic rings. The molecule has 2 rings (SSSR count). The number of hydrogen-bond acceptors (Lipinski definition) is 4. The molecule has 98 valence electrons. The SMILES string of the molecule is COC(=O)N1CC[C@H](O)[C@@H](N2CCCCC2)C1. The Morgan fingerprint density at radius 3 is 2.59 bits per heavy atom. The largest absolute Gasteiger partial charge is 0.453 e. The van der Waals surface area contributed by atoms with Gasteiger partial charge in [-0.1, -0.05) is 6.42 Å². The molecule has 0 saturated carbocycles. The van der Waals surface area contributed by atoms with Gasteiger partial charge in [-0.05, 0) is 32.4 Å². The van der Waals surface area contributed by atoms with Crippen molar-refractivity contribution in [1.82, 2.24) is 9.80 Å². The number of aliphatic hydroxyl groups is 1. The fourth-order valence-electron chi connectivity index (χ4n) is 2.82. The van der Waals surface area contributed by atoms with Crippen molar-refractivity contribution in [3.05, 3.63) is 0 Å². The highest BCUT2D eigenvalue weighted by molar-refractivity contribution is 5.67. The minimum atomic E-state index is -0.311. The smallest absolute Gasteiger partial charge is 0.409 e. The van der Waals surface area contributed by atoms with Crippen LogP contribution in [0.1, 0.15) is 25.7 Å². The number of carbonyl (C=O) groups excluding carboxylic acids is 1. The first-order valence-corrected chi connectivity index (χ1v) is 6.47. The summed E-state index contributed by atoms with van der Waals surface area (Å²) in [6.45, 7) is 3.26. The lowest BCUT2D eigenvalue weighted by atomic mass is 9.98. The molecule has 0 aliphatic carbocycles. The van der Waals surface area contributed by atoms with E-state index in [0.717, 1.165) is 13.1 Å². The van der Waals surface area contributed by atoms with E-state index in [9.17, 15) is 9.90 Å². The van der Waals surface area contributed by atoms with Gasteiger partial charge in [0.15, 0.2) is 0 Å². The normalized spacial score (nSPS) is 31.3. The minimum Gasteiger partial charge on any atom is -0.453 e. The molecule has 5 nitrogen and oxygen atoms in total. The molecule has 0 spiro atoms. The van der Waals surface area contributed by atoms with E-state index in [2.05, 4.69) is 4.90 Å². The Labute approximate surface area is 102 Å². The number of amides is 1. The van der Waals surface area contributed by atoms with Crippen molar-refractivity contribution in [2.24, 2.45) is 0 Å². The van der Waals surface area contributed by atoms with Crippen LogP contribution in [-0.2, 0) is 4.74 Å². The molecule has 2 atom stereocenters. The number of methoxy groups -OCH3 is 1. The van der Waals surface area contributed by atoms with Crippen LogP contribution >= 0.6 is 0 Å². The van der Waals surface area contributed by atoms with Crippen molar-refractivity contribution in [3.63, 3.8) is 0 Å². The zero-order valence-corrected chi connectivity index (χ0v) is 10.5. The Balaban J connectivity index is 1.96. The third-order valence-electron chi connectivity index (χ3n) is 3.84. The molecule has 0 unspecified atom stereocenters. The predicted molar refractivity (Wildman–Crippen MR) is 63.8 cm³/mol. The lowest BCUT2D eigenvalue weighted by molar-refractivity contribution is -0.0155. The molecule has 2 fully saturated rings. The minimum absolute atomic E-state index is 0.0862. The predicted octanol–water partition coefficient (Wildman–Crippen LogP) is 0.674. The molecule has 2 heterocycles. The van der Waals surface area contributed by atoms with Crippen LogP contribution in [-0.4, -0.2) is 66.4 Å². The van der Waals surface area contributed by atoms with Gasteiger partial charge in [-0.3, -0.25) is 4.90 Å². The molecular weight excluding hydrogens is 220 g/mol. The van der Waals surface area contributed by atoms with Crippen LogP contribution in [0.25, 0.3) is 0 Å². The highest BCUT2D eigenvalue weighted by Gasteiger charge is 2.34. The standard InChI is InChI=1S/C12H22N2O3/c1-17-12(16)14-8-5-11(15)10(9-14)13-6-3-2-4-7-13/h10-11,15H,2-9H2,1H3/t10-,11-/m0/s1. The van der Waals surface area contributed by atoms with Gasteiger partial charge in [0, 0.05) is 13.1 Å². The van der Waals surface area contributed by atoms with Gasteiger partial charge in [-0.2, -0.15) is 0 Å². The number of likely N-dealkylation sites (tertiary alicyclic amines) is 2. The molecule has 5 heteroatoms. The van der Waals surface area contributed by atoms with Crippen molar-refractivity contribution < 1.29 is 14.6 Å². The molecule has 1 N–H and O–H groups in total. The van der Waals surface area contributed by atoms with Gasteiger partial charge in [-0.25, -0.2) is 4.79 Å². The van der Waals surface area contributed by atoms with Crippen molar-refractivity contribution in [1.29, 1.82) is 0 Å². The summed E-state index contributed by atoms with van der Waals surface area (Å²) in [5.74, 6) is 0. The van der Waals surface area contributed by atoms with Crippen LogP contribution in [0.15, 0.2) is 0 Å². The molecule has 17 heavy (non-hydrogen) atoms. The number of aliphatic hydroxyl groups excluding tert-OH is 1. The molecule has 2 aliphatic rings. The highest BCUT2D eigenvalue weighted by atomic mass is 16.5. The van der Waals surface area contributed by atoms with Crippen molar-refractivity contribution in [2.75, 3.05) is 33.3 Å². The third kappa shape index (κ3) is 2.90. The summed E-state index contributed by atoms with van der Waals surface area (Å²) in [4.78, 5) is 15.5. The van der Waals surface area contributed by atoms with E-state index in [4.69, 9.17) is 4.74 Å². The van der Waals surface area contributed by atoms with E-state index in [1.807, 2.05) is 0 Å². The van der Waals surface area contributed by atoms with E-state index >= 15 is 0 Å². The summed E-state index contributed by atoms with van der Waals surface area (Å²) in [5, 5.41) is 10.1. The van der Waals surface area contributed by atoms with Gasteiger partial charge in [0.1, 0.15) is 0 Å². The Bertz CT molecular complexity index is 266. The lowest BCUT2D eigenvalue weighted by Gasteiger charge is -2.43. The molecule has 2 aliphatic heterocycles. The van der Waals surface area contributed by atoms with Crippen molar-refractivity contribution in [2.45, 2.75) is 37.8 Å². The summed E-state index contributed by atoms with van der Waals surface area (Å²) >= 11 is 0. The van der Waals surface area contributed by atoms with Crippen LogP contribution in [0.4, 0.5) is 4.79 Å². The first-order valence-electron chi connectivity index (χ1n) is 6.47. The number of hydrogen-bond donors (Lipinski definition) is 1. The monoisotopic (exact) mass is 242 g/mol. The van der Waals surface area contributed by atoms with E-state index in [-0.39, 0.29) is 18.2 Å². The van der Waals surface area contributed by atoms with Gasteiger partial charge in [0.05, 0.1) is 19.3 Å². The quantitative estimate of drug-likeness (QED) is 0.734. The van der Waals surface area contributed by atoms with Crippen molar-refractivity contribution in [3.8, 4) is 0 Å². The van der Waals surface area contributed by atoms with E-state index in [1.165, 1.54) is 26.4 Å². The van der Waals surface area contributed by atoms with Crippen LogP contribution in [0.3, 0.4) is 0 Å². The van der Waals surface area contributed by atoms with Gasteiger partial charge in [0.2, 0.25) is 0 Å². The Morgan fingerprint density at radius 2 is 1.94 bits per heavy atom. The summed E-state index contributed by atoms with van der Waals surface area (Å²) in [5.41, 5.74) is 0. The topological polar surface area (TPSA) is 53.0 Å². The van der Waals surface area contributed by atoms with Gasteiger partial charge in [0.25, 0.3) is 0 Å². The molecule has 2 saturated heterocycles. The molecule has 1 amide bonds. The first kappa shape index (κ1) is 12.6. The zero-order chi connectivity index (χ0) is 12.3. The highest BCUT2D eigenvalue weighted by Crippen LogP contribution is 2.21. The van der Waals surface area contributed by atoms with Gasteiger partial charge >= 0.3 is 6.09 Å². The average Bonchev–Trinajstić information content (AvgIpc) is 2.39. The summed E-state index contributed by atoms with van der Waals surface area (Å²) < 4.78 is 4.75. The van der Waals surface area contributed by atoms with Crippen LogP contribution in [0, 0.1) is 0 Å². The summed E-state index contributed by atoms with van der Waals surface area (Å²) in [6, 6.07) is 0.0862. The van der Waals surface area contributed by atoms with Crippen molar-refractivity contribution >= 4 is 6.09 Å². The van der Waals surface area contributed by atoms with Gasteiger partial charge in [-0.15, -0.1) is 0 Å². The molecule has 0 aromatic heterocycles. The van der Waals surface area contributed by atoms with Crippen LogP contribution in [0.2, 0.25) is 0 Å². The molecule has 0 bridgehead atoms. The second-order valence-corrected chi connectivity index (χ2v) is 4.94. The zero-order valence-electron chi connectivity index (χ0n) is 10.5. The lowest BCUT2D eigenvalue weighted by Crippen LogP contribution is -2.57. The van der Waals surface area contributed by atoms with Crippen LogP contribution < -0.4 is 0 Å². The number of rotatable bonds is 1. The molecule has 0 radical (unpaired) electrons. The maximum atomic E-state index is 11.5. The Morgan fingerprint density at radius 1 is 1.24 bits per heavy atom. The fraction of sp³-hybridized carbons (Fsp3) is 0.917. The fourth-order valence-corrected chi connectivity index (χ4v) is 2.82. The van der Waals surface area contributed by atoms with Crippen LogP contribution in [0.5, 0.6) is 0 Å². The van der Waals surface area contributed by atoms with E-state index in [1.54, 1.807) is 4.90 Å².